The van der Waals surface area contributed by atoms with E-state index in [4.69, 9.17) is 39.5 Å². The van der Waals surface area contributed by atoms with E-state index in [1.807, 2.05) is 24.3 Å². The fourth-order valence-electron chi connectivity index (χ4n) is 2.82. The molecule has 0 saturated carbocycles. The molecule has 0 aliphatic carbocycles. The van der Waals surface area contributed by atoms with Crippen molar-refractivity contribution in [3.63, 3.8) is 0 Å². The lowest BCUT2D eigenvalue weighted by atomic mass is 10.2. The lowest BCUT2D eigenvalue weighted by molar-refractivity contribution is -0.121. The van der Waals surface area contributed by atoms with Crippen LogP contribution < -0.4 is 14.4 Å². The summed E-state index contributed by atoms with van der Waals surface area (Å²) in [5.74, 6) is 0.548. The molecule has 10 heteroatoms. The first kappa shape index (κ1) is 25.6. The van der Waals surface area contributed by atoms with E-state index in [0.717, 1.165) is 22.7 Å². The summed E-state index contributed by atoms with van der Waals surface area (Å²) in [5, 5.41) is 3.34. The van der Waals surface area contributed by atoms with Gasteiger partial charge in [0, 0.05) is 13.0 Å². The highest BCUT2D eigenvalue weighted by atomic mass is 35.5. The van der Waals surface area contributed by atoms with Gasteiger partial charge in [0.15, 0.2) is 0 Å². The van der Waals surface area contributed by atoms with Crippen molar-refractivity contribution in [1.29, 1.82) is 0 Å². The Kier molecular flexibility index (Phi) is 9.75. The molecule has 0 aliphatic rings. The summed E-state index contributed by atoms with van der Waals surface area (Å²) in [7, 11) is -3.63. The van der Waals surface area contributed by atoms with Crippen molar-refractivity contribution in [2.75, 3.05) is 30.3 Å². The van der Waals surface area contributed by atoms with Gasteiger partial charge in [-0.15, -0.1) is 0 Å². The zero-order chi connectivity index (χ0) is 23.0. The minimum atomic E-state index is -3.63. The van der Waals surface area contributed by atoms with Crippen molar-refractivity contribution < 1.29 is 17.9 Å². The van der Waals surface area contributed by atoms with Gasteiger partial charge in [0.05, 0.1) is 33.6 Å². The van der Waals surface area contributed by atoms with E-state index in [0.29, 0.717) is 19.6 Å². The fraction of sp³-hybridized carbons (Fsp3) is 0.381. The number of carbonyl (C=O) groups excluding carboxylic acids is 1. The van der Waals surface area contributed by atoms with Gasteiger partial charge in [0.1, 0.15) is 12.4 Å². The highest BCUT2D eigenvalue weighted by Gasteiger charge is 2.21. The molecule has 31 heavy (non-hydrogen) atoms. The maximum atomic E-state index is 12.2. The number of rotatable bonds is 11. The van der Waals surface area contributed by atoms with Crippen molar-refractivity contribution >= 4 is 56.4 Å². The van der Waals surface area contributed by atoms with Crippen LogP contribution in [0.3, 0.4) is 0 Å². The molecule has 1 N–H and O–H groups in total. The number of carbonyl (C=O) groups is 1. The van der Waals surface area contributed by atoms with E-state index in [-0.39, 0.29) is 39.6 Å². The van der Waals surface area contributed by atoms with Crippen LogP contribution in [-0.2, 0) is 21.2 Å². The normalized spacial score (nSPS) is 11.3. The molecule has 0 spiro atoms. The number of amides is 1. The van der Waals surface area contributed by atoms with Gasteiger partial charge in [-0.1, -0.05) is 53.9 Å². The highest BCUT2D eigenvalue weighted by Crippen LogP contribution is 2.35. The lowest BCUT2D eigenvalue weighted by Gasteiger charge is -2.24. The molecule has 170 valence electrons. The molecule has 0 radical (unpaired) electrons. The maximum absolute atomic E-state index is 12.2. The first-order valence-electron chi connectivity index (χ1n) is 9.72. The number of ether oxygens (including phenoxy) is 1. The number of anilines is 1. The second-order valence-electron chi connectivity index (χ2n) is 6.85. The third kappa shape index (κ3) is 8.07. The average molecular weight is 508 g/mol. The number of nitrogens with one attached hydrogen (secondary N) is 1. The van der Waals surface area contributed by atoms with Gasteiger partial charge in [-0.2, -0.15) is 0 Å². The zero-order valence-corrected chi connectivity index (χ0v) is 20.4. The maximum Gasteiger partial charge on any atom is 0.232 e. The van der Waals surface area contributed by atoms with Gasteiger partial charge in [-0.25, -0.2) is 8.42 Å². The molecule has 0 fully saturated rings. The van der Waals surface area contributed by atoms with Crippen molar-refractivity contribution in [3.8, 4) is 5.75 Å². The van der Waals surface area contributed by atoms with E-state index in [9.17, 15) is 13.2 Å². The summed E-state index contributed by atoms with van der Waals surface area (Å²) >= 11 is 18.1. The van der Waals surface area contributed by atoms with Crippen molar-refractivity contribution in [2.24, 2.45) is 0 Å². The monoisotopic (exact) mass is 506 g/mol. The third-order valence-electron chi connectivity index (χ3n) is 4.45. The van der Waals surface area contributed by atoms with Crippen molar-refractivity contribution in [3.05, 3.63) is 57.0 Å². The minimum absolute atomic E-state index is 0.0736. The molecule has 1 amide bonds. The van der Waals surface area contributed by atoms with Crippen molar-refractivity contribution in [1.82, 2.24) is 5.32 Å². The molecule has 0 heterocycles. The highest BCUT2D eigenvalue weighted by molar-refractivity contribution is 7.92. The van der Waals surface area contributed by atoms with E-state index in [2.05, 4.69) is 12.2 Å². The van der Waals surface area contributed by atoms with Crippen LogP contribution in [-0.4, -0.2) is 40.3 Å². The van der Waals surface area contributed by atoms with Crippen LogP contribution in [0.2, 0.25) is 15.1 Å². The fourth-order valence-corrected chi connectivity index (χ4v) is 4.48. The molecular weight excluding hydrogens is 483 g/mol. The van der Waals surface area contributed by atoms with Gasteiger partial charge in [0.2, 0.25) is 15.9 Å². The average Bonchev–Trinajstić information content (AvgIpc) is 2.71. The Balaban J connectivity index is 1.81. The molecule has 0 aromatic heterocycles. The molecule has 0 aliphatic heterocycles. The van der Waals surface area contributed by atoms with E-state index in [1.165, 1.54) is 17.7 Å². The summed E-state index contributed by atoms with van der Waals surface area (Å²) in [6.07, 6.45) is 2.48. The van der Waals surface area contributed by atoms with Crippen LogP contribution in [0, 0.1) is 0 Å². The number of hydrogen-bond acceptors (Lipinski definition) is 4. The summed E-state index contributed by atoms with van der Waals surface area (Å²) in [4.78, 5) is 12.1. The number of nitrogens with zero attached hydrogens (tertiary/aromatic N) is 1. The molecular formula is C21H25Cl3N2O4S. The Morgan fingerprint density at radius 1 is 1.06 bits per heavy atom. The number of sulfonamides is 1. The van der Waals surface area contributed by atoms with Crippen LogP contribution in [0.5, 0.6) is 5.75 Å². The first-order valence-corrected chi connectivity index (χ1v) is 12.7. The number of aryl methyl sites for hydroxylation is 1. The summed E-state index contributed by atoms with van der Waals surface area (Å²) in [6.45, 7) is 2.85. The molecule has 2 aromatic rings. The van der Waals surface area contributed by atoms with Crippen LogP contribution >= 0.6 is 34.8 Å². The first-order chi connectivity index (χ1) is 14.6. The van der Waals surface area contributed by atoms with E-state index in [1.54, 1.807) is 0 Å². The number of hydrogen-bond donors (Lipinski definition) is 1. The topological polar surface area (TPSA) is 75.7 Å². The molecule has 2 aromatic carbocycles. The molecule has 0 saturated heterocycles. The lowest BCUT2D eigenvalue weighted by Crippen LogP contribution is -2.33. The Morgan fingerprint density at radius 3 is 2.32 bits per heavy atom. The molecule has 6 nitrogen and oxygen atoms in total. The number of benzene rings is 2. The largest absolute Gasteiger partial charge is 0.492 e. The van der Waals surface area contributed by atoms with Crippen LogP contribution in [0.1, 0.15) is 25.3 Å². The van der Waals surface area contributed by atoms with Crippen LogP contribution in [0.25, 0.3) is 0 Å². The minimum Gasteiger partial charge on any atom is -0.492 e. The Bertz CT molecular complexity index is 998. The molecule has 0 unspecified atom stereocenters. The Morgan fingerprint density at radius 2 is 1.71 bits per heavy atom. The summed E-state index contributed by atoms with van der Waals surface area (Å²) < 4.78 is 31.1. The third-order valence-corrected chi connectivity index (χ3v) is 6.65. The molecule has 2 rings (SSSR count). The number of halogens is 3. The van der Waals surface area contributed by atoms with Gasteiger partial charge >= 0.3 is 0 Å². The summed E-state index contributed by atoms with van der Waals surface area (Å²) in [6, 6.07) is 10.6. The van der Waals surface area contributed by atoms with E-state index >= 15 is 0 Å². The smallest absolute Gasteiger partial charge is 0.232 e. The van der Waals surface area contributed by atoms with Gasteiger partial charge in [0.25, 0.3) is 0 Å². The standard InChI is InChI=1S/C21H25Cl3N2O4S/c1-3-15-6-8-16(9-7-15)30-12-10-25-21(27)5-4-11-26(31(2,28)29)20-14-18(23)17(22)13-19(20)24/h6-9,13-14H,3-5,10-12H2,1-2H3,(H,25,27). The second kappa shape index (κ2) is 11.8. The molecule has 0 bridgehead atoms. The Labute approximate surface area is 198 Å². The second-order valence-corrected chi connectivity index (χ2v) is 9.98. The van der Waals surface area contributed by atoms with Gasteiger partial charge < -0.3 is 10.1 Å². The molecule has 0 atom stereocenters. The van der Waals surface area contributed by atoms with Crippen molar-refractivity contribution in [2.45, 2.75) is 26.2 Å². The predicted molar refractivity (Wildman–Crippen MR) is 127 cm³/mol. The van der Waals surface area contributed by atoms with Gasteiger partial charge in [-0.05, 0) is 42.7 Å². The van der Waals surface area contributed by atoms with Crippen LogP contribution in [0.15, 0.2) is 36.4 Å². The Hall–Kier alpha value is -1.67. The SMILES string of the molecule is CCc1ccc(OCCNC(=O)CCCN(c2cc(Cl)c(Cl)cc2Cl)S(C)(=O)=O)cc1. The van der Waals surface area contributed by atoms with E-state index < -0.39 is 10.0 Å². The quantitative estimate of drug-likeness (QED) is 0.345. The van der Waals surface area contributed by atoms with Crippen LogP contribution in [0.4, 0.5) is 5.69 Å². The predicted octanol–water partition coefficient (Wildman–Crippen LogP) is 4.95. The van der Waals surface area contributed by atoms with Gasteiger partial charge in [-0.3, -0.25) is 9.10 Å². The summed E-state index contributed by atoms with van der Waals surface area (Å²) in [5.41, 5.74) is 1.45. The zero-order valence-electron chi connectivity index (χ0n) is 17.3.